The van der Waals surface area contributed by atoms with E-state index < -0.39 is 42.6 Å². The first-order valence-corrected chi connectivity index (χ1v) is 21.5. The number of rotatable bonds is 8. The van der Waals surface area contributed by atoms with Crippen molar-refractivity contribution in [3.8, 4) is 0 Å². The average molecular weight is 840 g/mol. The molecule has 0 spiro atoms. The van der Waals surface area contributed by atoms with Crippen LogP contribution in [0.4, 0.5) is 23.2 Å². The molecule has 11 nitrogen and oxygen atoms in total. The Balaban J connectivity index is 0.742. The number of carbonyl (C=O) groups is 4. The van der Waals surface area contributed by atoms with E-state index in [1.54, 1.807) is 9.80 Å². The molecule has 320 valence electrons. The molecule has 0 saturated carbocycles. The van der Waals surface area contributed by atoms with Crippen molar-refractivity contribution < 1.29 is 36.7 Å². The van der Waals surface area contributed by atoms with E-state index in [9.17, 15) is 28.0 Å². The number of hydrogen-bond donors (Lipinski definition) is 2. The Labute approximate surface area is 351 Å². The fourth-order valence-corrected chi connectivity index (χ4v) is 11.1. The van der Waals surface area contributed by atoms with Gasteiger partial charge < -0.3 is 19.7 Å². The third-order valence-electron chi connectivity index (χ3n) is 14.3. The quantitative estimate of drug-likeness (QED) is 0.164. The molecule has 15 heteroatoms. The minimum absolute atomic E-state index is 0.0469. The van der Waals surface area contributed by atoms with Crippen molar-refractivity contribution >= 4 is 40.2 Å². The Kier molecular flexibility index (Phi) is 9.97. The first-order chi connectivity index (χ1) is 29.3. The Morgan fingerprint density at radius 2 is 1.62 bits per heavy atom. The SMILES string of the molecule is CC1c2cc3c(cc2C(=O)N1C1CCC(=O)NC1=O)CN(CC1CCN(C(=O)C2CN(c4cc(F)c([C@@H]5c6[nH]c7ccccc7c6C[C@@H](C)N5CC(F)F)c(F)c4)C2)CC1)C3. The fourth-order valence-electron chi connectivity index (χ4n) is 11.1. The van der Waals surface area contributed by atoms with E-state index in [4.69, 9.17) is 0 Å². The minimum Gasteiger partial charge on any atom is -0.370 e. The van der Waals surface area contributed by atoms with Crippen molar-refractivity contribution in [1.29, 1.82) is 0 Å². The summed E-state index contributed by atoms with van der Waals surface area (Å²) in [5.74, 6) is -2.34. The van der Waals surface area contributed by atoms with Crippen LogP contribution in [0.15, 0.2) is 48.5 Å². The molecule has 1 aromatic heterocycles. The molecular formula is C46H49F4N7O4. The predicted octanol–water partition coefficient (Wildman–Crippen LogP) is 6.06. The molecule has 3 fully saturated rings. The Bertz CT molecular complexity index is 2440. The average Bonchev–Trinajstić information content (AvgIpc) is 3.85. The summed E-state index contributed by atoms with van der Waals surface area (Å²) in [7, 11) is 0. The molecule has 0 radical (unpaired) electrons. The van der Waals surface area contributed by atoms with E-state index in [0.29, 0.717) is 61.9 Å². The van der Waals surface area contributed by atoms with Crippen LogP contribution in [0.2, 0.25) is 0 Å². The maximum atomic E-state index is 16.2. The number of piperidine rings is 2. The smallest absolute Gasteiger partial charge is 0.255 e. The molecule has 4 atom stereocenters. The number of alkyl halides is 2. The largest absolute Gasteiger partial charge is 0.370 e. The number of benzene rings is 3. The van der Waals surface area contributed by atoms with E-state index in [-0.39, 0.29) is 47.7 Å². The van der Waals surface area contributed by atoms with Crippen molar-refractivity contribution in [3.05, 3.63) is 99.2 Å². The van der Waals surface area contributed by atoms with Gasteiger partial charge in [-0.05, 0) is 92.0 Å². The molecular weight excluding hydrogens is 791 g/mol. The summed E-state index contributed by atoms with van der Waals surface area (Å²) in [6.45, 7) is 7.44. The summed E-state index contributed by atoms with van der Waals surface area (Å²) >= 11 is 0. The van der Waals surface area contributed by atoms with Crippen LogP contribution >= 0.6 is 0 Å². The van der Waals surface area contributed by atoms with Crippen molar-refractivity contribution in [2.75, 3.05) is 44.2 Å². The molecule has 2 unspecified atom stereocenters. The maximum Gasteiger partial charge on any atom is 0.255 e. The van der Waals surface area contributed by atoms with Gasteiger partial charge in [-0.2, -0.15) is 0 Å². The number of nitrogens with one attached hydrogen (secondary N) is 2. The summed E-state index contributed by atoms with van der Waals surface area (Å²) in [5, 5.41) is 3.29. The first kappa shape index (κ1) is 39.8. The molecule has 3 aromatic carbocycles. The lowest BCUT2D eigenvalue weighted by atomic mass is 9.87. The molecule has 7 heterocycles. The van der Waals surface area contributed by atoms with Crippen LogP contribution in [0.25, 0.3) is 10.9 Å². The number of para-hydroxylation sites is 1. The number of aromatic amines is 1. The Morgan fingerprint density at radius 3 is 2.33 bits per heavy atom. The summed E-state index contributed by atoms with van der Waals surface area (Å²) in [6.07, 6.45) is 0.0497. The molecule has 6 aliphatic heterocycles. The second-order valence-corrected chi connectivity index (χ2v) is 18.0. The second kappa shape index (κ2) is 15.3. The molecule has 4 amide bonds. The first-order valence-electron chi connectivity index (χ1n) is 21.5. The van der Waals surface area contributed by atoms with Gasteiger partial charge in [-0.1, -0.05) is 24.3 Å². The highest BCUT2D eigenvalue weighted by molar-refractivity contribution is 6.06. The van der Waals surface area contributed by atoms with Gasteiger partial charge >= 0.3 is 0 Å². The van der Waals surface area contributed by atoms with E-state index >= 15 is 8.78 Å². The lowest BCUT2D eigenvalue weighted by molar-refractivity contribution is -0.138. The minimum atomic E-state index is -2.69. The van der Waals surface area contributed by atoms with Crippen molar-refractivity contribution in [2.24, 2.45) is 11.8 Å². The number of anilines is 1. The van der Waals surface area contributed by atoms with E-state index in [2.05, 4.69) is 21.3 Å². The monoisotopic (exact) mass is 839 g/mol. The van der Waals surface area contributed by atoms with Gasteiger partial charge in [-0.15, -0.1) is 0 Å². The van der Waals surface area contributed by atoms with Gasteiger partial charge in [0.15, 0.2) is 0 Å². The molecule has 61 heavy (non-hydrogen) atoms. The number of aromatic nitrogens is 1. The fraction of sp³-hybridized carbons (Fsp3) is 0.478. The van der Waals surface area contributed by atoms with Gasteiger partial charge in [0.25, 0.3) is 12.3 Å². The lowest BCUT2D eigenvalue weighted by Gasteiger charge is -2.44. The predicted molar refractivity (Wildman–Crippen MR) is 219 cm³/mol. The van der Waals surface area contributed by atoms with E-state index in [1.165, 1.54) is 22.6 Å². The molecule has 0 bridgehead atoms. The summed E-state index contributed by atoms with van der Waals surface area (Å²) < 4.78 is 60.1. The zero-order chi connectivity index (χ0) is 42.4. The number of H-pyrrole nitrogens is 1. The zero-order valence-electron chi connectivity index (χ0n) is 34.2. The van der Waals surface area contributed by atoms with Gasteiger partial charge in [0.2, 0.25) is 17.7 Å². The zero-order valence-corrected chi connectivity index (χ0v) is 34.2. The van der Waals surface area contributed by atoms with Crippen LogP contribution in [0.1, 0.15) is 95.5 Å². The third-order valence-corrected chi connectivity index (χ3v) is 14.3. The number of amides is 4. The standard InChI is InChI=1S/C46H49F4N7O4/c1-24-13-33-31-5-3-4-6-37(31)51-42(33)43(56(24)23-39(49)50)41-35(47)16-30(17-36(41)48)55-21-29(22-55)45(60)54-11-9-26(10-12-54)18-53-19-27-14-32-25(2)57(38-7-8-40(58)52-44(38)59)46(61)34(32)15-28(27)20-53/h3-6,14-17,24-26,29,38-39,43,51H,7-13,18-23H2,1-2H3,(H,52,58,59)/t24-,25?,38?,43-/m1/s1. The summed E-state index contributed by atoms with van der Waals surface area (Å²) in [4.78, 5) is 64.0. The Morgan fingerprint density at radius 1 is 0.918 bits per heavy atom. The highest BCUT2D eigenvalue weighted by Crippen LogP contribution is 2.44. The summed E-state index contributed by atoms with van der Waals surface area (Å²) in [6, 6.07) is 11.8. The number of fused-ring (bicyclic) bond motifs is 5. The number of nitrogens with zero attached hydrogens (tertiary/aromatic N) is 5. The van der Waals surface area contributed by atoms with Crippen LogP contribution < -0.4 is 10.2 Å². The number of carbonyl (C=O) groups excluding carboxylic acids is 4. The highest BCUT2D eigenvalue weighted by Gasteiger charge is 2.45. The van der Waals surface area contributed by atoms with Gasteiger partial charge in [0, 0.05) is 91.7 Å². The van der Waals surface area contributed by atoms with Gasteiger partial charge in [-0.3, -0.25) is 34.3 Å². The van der Waals surface area contributed by atoms with E-state index in [0.717, 1.165) is 60.1 Å². The molecule has 10 rings (SSSR count). The number of likely N-dealkylation sites (tertiary alicyclic amines) is 1. The topological polar surface area (TPSA) is 112 Å². The van der Waals surface area contributed by atoms with Crippen LogP contribution in [-0.4, -0.2) is 106 Å². The molecule has 3 saturated heterocycles. The van der Waals surface area contributed by atoms with Crippen LogP contribution in [-0.2, 0) is 33.9 Å². The lowest BCUT2D eigenvalue weighted by Crippen LogP contribution is -2.56. The van der Waals surface area contributed by atoms with E-state index in [1.807, 2.05) is 49.1 Å². The normalized spacial score (nSPS) is 25.0. The molecule has 0 aliphatic carbocycles. The Hall–Kier alpha value is -5.28. The molecule has 4 aromatic rings. The van der Waals surface area contributed by atoms with Crippen LogP contribution in [0.3, 0.4) is 0 Å². The van der Waals surface area contributed by atoms with Gasteiger partial charge in [0.05, 0.1) is 24.5 Å². The van der Waals surface area contributed by atoms with Crippen LogP contribution in [0, 0.1) is 23.5 Å². The van der Waals surface area contributed by atoms with Crippen molar-refractivity contribution in [3.63, 3.8) is 0 Å². The second-order valence-electron chi connectivity index (χ2n) is 18.0. The number of imide groups is 1. The maximum absolute atomic E-state index is 16.2. The third kappa shape index (κ3) is 6.88. The highest BCUT2D eigenvalue weighted by atomic mass is 19.3. The van der Waals surface area contributed by atoms with Crippen LogP contribution in [0.5, 0.6) is 0 Å². The number of hydrogen-bond acceptors (Lipinski definition) is 7. The van der Waals surface area contributed by atoms with Crippen molar-refractivity contribution in [1.82, 2.24) is 29.9 Å². The molecule has 2 N–H and O–H groups in total. The summed E-state index contributed by atoms with van der Waals surface area (Å²) in [5.41, 5.74) is 6.11. The van der Waals surface area contributed by atoms with Crippen molar-refractivity contribution in [2.45, 2.75) is 89.6 Å². The van der Waals surface area contributed by atoms with Gasteiger partial charge in [-0.25, -0.2) is 17.6 Å². The van der Waals surface area contributed by atoms with Gasteiger partial charge in [0.1, 0.15) is 17.7 Å². The molecule has 6 aliphatic rings. The number of halogens is 4.